The summed E-state index contributed by atoms with van der Waals surface area (Å²) in [5.41, 5.74) is 0.765. The predicted molar refractivity (Wildman–Crippen MR) is 82.6 cm³/mol. The highest BCUT2D eigenvalue weighted by molar-refractivity contribution is 14.1. The Labute approximate surface area is 123 Å². The summed E-state index contributed by atoms with van der Waals surface area (Å²) in [6, 6.07) is 8.08. The lowest BCUT2D eigenvalue weighted by atomic mass is 9.80. The zero-order chi connectivity index (χ0) is 13.1. The van der Waals surface area contributed by atoms with E-state index in [1.54, 1.807) is 0 Å². The van der Waals surface area contributed by atoms with Crippen LogP contribution >= 0.6 is 22.6 Å². The fourth-order valence-electron chi connectivity index (χ4n) is 2.59. The van der Waals surface area contributed by atoms with Gasteiger partial charge in [0.25, 0.3) is 5.91 Å². The summed E-state index contributed by atoms with van der Waals surface area (Å²) in [4.78, 5) is 12.2. The standard InChI is InChI=1S/C15H20INO/c1-10-3-4-11(2)14(9-10)17-15(18)12-5-7-13(16)8-6-12/h5-8,10-11,14H,3-4,9H2,1-2H3,(H,17,18)/t10-,11-,14-/m1/s1. The summed E-state index contributed by atoms with van der Waals surface area (Å²) in [6.07, 6.45) is 3.62. The minimum Gasteiger partial charge on any atom is -0.349 e. The minimum atomic E-state index is 0.0670. The van der Waals surface area contributed by atoms with Crippen LogP contribution in [-0.2, 0) is 0 Å². The van der Waals surface area contributed by atoms with Gasteiger partial charge < -0.3 is 5.32 Å². The first-order chi connectivity index (χ1) is 8.56. The smallest absolute Gasteiger partial charge is 0.251 e. The number of hydrogen-bond donors (Lipinski definition) is 1. The number of rotatable bonds is 2. The normalized spacial score (nSPS) is 27.8. The van der Waals surface area contributed by atoms with Crippen molar-refractivity contribution in [1.29, 1.82) is 0 Å². The molecule has 3 atom stereocenters. The molecule has 1 amide bonds. The molecule has 3 heteroatoms. The van der Waals surface area contributed by atoms with Crippen molar-refractivity contribution in [2.45, 2.75) is 39.2 Å². The molecule has 1 aliphatic rings. The Hall–Kier alpha value is -0.580. The van der Waals surface area contributed by atoms with Gasteiger partial charge in [-0.2, -0.15) is 0 Å². The molecule has 18 heavy (non-hydrogen) atoms. The van der Waals surface area contributed by atoms with Gasteiger partial charge in [-0.05, 0) is 71.5 Å². The molecule has 0 unspecified atom stereocenters. The maximum atomic E-state index is 12.2. The molecule has 1 fully saturated rings. The van der Waals surface area contributed by atoms with Crippen molar-refractivity contribution in [2.24, 2.45) is 11.8 Å². The molecule has 2 nitrogen and oxygen atoms in total. The second kappa shape index (κ2) is 6.04. The zero-order valence-electron chi connectivity index (χ0n) is 10.9. The SMILES string of the molecule is C[C@@H]1CC[C@@H](C)[C@H](NC(=O)c2ccc(I)cc2)C1. The van der Waals surface area contributed by atoms with Gasteiger partial charge in [0.2, 0.25) is 0 Å². The molecular formula is C15H20INO. The Kier molecular flexibility index (Phi) is 4.65. The van der Waals surface area contributed by atoms with E-state index in [2.05, 4.69) is 41.8 Å². The number of amides is 1. The maximum Gasteiger partial charge on any atom is 0.251 e. The quantitative estimate of drug-likeness (QED) is 0.801. The number of nitrogens with one attached hydrogen (secondary N) is 1. The highest BCUT2D eigenvalue weighted by Crippen LogP contribution is 2.28. The fraction of sp³-hybridized carbons (Fsp3) is 0.533. The van der Waals surface area contributed by atoms with Crippen molar-refractivity contribution in [3.63, 3.8) is 0 Å². The molecule has 0 radical (unpaired) electrons. The molecule has 1 saturated carbocycles. The number of halogens is 1. The summed E-state index contributed by atoms with van der Waals surface area (Å²) < 4.78 is 1.16. The molecule has 1 aromatic rings. The van der Waals surface area contributed by atoms with Gasteiger partial charge in [0, 0.05) is 15.2 Å². The largest absolute Gasteiger partial charge is 0.349 e. The van der Waals surface area contributed by atoms with E-state index >= 15 is 0 Å². The van der Waals surface area contributed by atoms with E-state index in [-0.39, 0.29) is 5.91 Å². The molecule has 0 saturated heterocycles. The Morgan fingerprint density at radius 1 is 1.22 bits per heavy atom. The molecule has 1 aliphatic carbocycles. The summed E-state index contributed by atoms with van der Waals surface area (Å²) in [5, 5.41) is 3.19. The lowest BCUT2D eigenvalue weighted by molar-refractivity contribution is 0.0898. The van der Waals surface area contributed by atoms with E-state index < -0.39 is 0 Å². The third-order valence-electron chi connectivity index (χ3n) is 3.88. The van der Waals surface area contributed by atoms with Crippen LogP contribution in [0.15, 0.2) is 24.3 Å². The van der Waals surface area contributed by atoms with Gasteiger partial charge in [0.15, 0.2) is 0 Å². The average molecular weight is 357 g/mol. The van der Waals surface area contributed by atoms with Crippen LogP contribution in [0.1, 0.15) is 43.5 Å². The third kappa shape index (κ3) is 3.46. The van der Waals surface area contributed by atoms with Crippen molar-refractivity contribution in [3.8, 4) is 0 Å². The molecule has 2 rings (SSSR count). The van der Waals surface area contributed by atoms with Crippen LogP contribution < -0.4 is 5.32 Å². The van der Waals surface area contributed by atoms with Crippen LogP contribution in [0.2, 0.25) is 0 Å². The van der Waals surface area contributed by atoms with E-state index in [4.69, 9.17) is 0 Å². The van der Waals surface area contributed by atoms with Gasteiger partial charge in [-0.25, -0.2) is 0 Å². The molecule has 0 bridgehead atoms. The second-order valence-electron chi connectivity index (χ2n) is 5.48. The van der Waals surface area contributed by atoms with Crippen molar-refractivity contribution < 1.29 is 4.79 Å². The monoisotopic (exact) mass is 357 g/mol. The number of carbonyl (C=O) groups is 1. The number of hydrogen-bond acceptors (Lipinski definition) is 1. The molecular weight excluding hydrogens is 337 g/mol. The van der Waals surface area contributed by atoms with E-state index in [1.807, 2.05) is 24.3 Å². The van der Waals surface area contributed by atoms with Crippen LogP contribution in [0.5, 0.6) is 0 Å². The highest BCUT2D eigenvalue weighted by atomic mass is 127. The van der Waals surface area contributed by atoms with Crippen LogP contribution in [0, 0.1) is 15.4 Å². The van der Waals surface area contributed by atoms with E-state index in [0.29, 0.717) is 12.0 Å². The Morgan fingerprint density at radius 2 is 1.89 bits per heavy atom. The zero-order valence-corrected chi connectivity index (χ0v) is 13.1. The Bertz CT molecular complexity index is 415. The van der Waals surface area contributed by atoms with Gasteiger partial charge in [-0.1, -0.05) is 20.3 Å². The summed E-state index contributed by atoms with van der Waals surface area (Å²) in [5.74, 6) is 1.38. The van der Waals surface area contributed by atoms with Crippen molar-refractivity contribution in [1.82, 2.24) is 5.32 Å². The first kappa shape index (κ1) is 13.8. The first-order valence-corrected chi connectivity index (χ1v) is 7.70. The van der Waals surface area contributed by atoms with E-state index in [0.717, 1.165) is 21.5 Å². The maximum absolute atomic E-state index is 12.2. The molecule has 0 spiro atoms. The van der Waals surface area contributed by atoms with Crippen molar-refractivity contribution in [3.05, 3.63) is 33.4 Å². The minimum absolute atomic E-state index is 0.0670. The van der Waals surface area contributed by atoms with E-state index in [9.17, 15) is 4.79 Å². The molecule has 0 heterocycles. The fourth-order valence-corrected chi connectivity index (χ4v) is 2.95. The molecule has 98 valence electrons. The topological polar surface area (TPSA) is 29.1 Å². The number of benzene rings is 1. The molecule has 1 N–H and O–H groups in total. The van der Waals surface area contributed by atoms with Gasteiger partial charge in [-0.15, -0.1) is 0 Å². The number of carbonyl (C=O) groups excluding carboxylic acids is 1. The second-order valence-corrected chi connectivity index (χ2v) is 6.73. The Balaban J connectivity index is 2.00. The summed E-state index contributed by atoms with van der Waals surface area (Å²) >= 11 is 2.25. The molecule has 1 aromatic carbocycles. The van der Waals surface area contributed by atoms with E-state index in [1.165, 1.54) is 12.8 Å². The van der Waals surface area contributed by atoms with Gasteiger partial charge in [0.1, 0.15) is 0 Å². The van der Waals surface area contributed by atoms with Crippen LogP contribution in [0.3, 0.4) is 0 Å². The van der Waals surface area contributed by atoms with Crippen molar-refractivity contribution in [2.75, 3.05) is 0 Å². The molecule has 0 aliphatic heterocycles. The van der Waals surface area contributed by atoms with Crippen LogP contribution in [0.4, 0.5) is 0 Å². The highest BCUT2D eigenvalue weighted by Gasteiger charge is 2.26. The van der Waals surface area contributed by atoms with Crippen molar-refractivity contribution >= 4 is 28.5 Å². The lowest BCUT2D eigenvalue weighted by Gasteiger charge is -2.33. The average Bonchev–Trinajstić information content (AvgIpc) is 2.34. The summed E-state index contributed by atoms with van der Waals surface area (Å²) in [6.45, 7) is 4.51. The van der Waals surface area contributed by atoms with Gasteiger partial charge in [0.05, 0.1) is 0 Å². The third-order valence-corrected chi connectivity index (χ3v) is 4.60. The van der Waals surface area contributed by atoms with Crippen LogP contribution in [-0.4, -0.2) is 11.9 Å². The van der Waals surface area contributed by atoms with Gasteiger partial charge >= 0.3 is 0 Å². The van der Waals surface area contributed by atoms with Gasteiger partial charge in [-0.3, -0.25) is 4.79 Å². The van der Waals surface area contributed by atoms with Crippen LogP contribution in [0.25, 0.3) is 0 Å². The predicted octanol–water partition coefficient (Wildman–Crippen LogP) is 3.85. The molecule has 0 aromatic heterocycles. The Morgan fingerprint density at radius 3 is 2.56 bits per heavy atom. The lowest BCUT2D eigenvalue weighted by Crippen LogP contribution is -2.42. The first-order valence-electron chi connectivity index (χ1n) is 6.62. The summed E-state index contributed by atoms with van der Waals surface area (Å²) in [7, 11) is 0.